The molecule has 1 aliphatic heterocycles. The Kier molecular flexibility index (Phi) is 7.45. The van der Waals surface area contributed by atoms with Crippen molar-refractivity contribution < 1.29 is 17.9 Å². The minimum atomic E-state index is -4.65. The highest BCUT2D eigenvalue weighted by Gasteiger charge is 2.31. The molecule has 22 heavy (non-hydrogen) atoms. The van der Waals surface area contributed by atoms with Gasteiger partial charge in [-0.15, -0.1) is 25.6 Å². The summed E-state index contributed by atoms with van der Waals surface area (Å²) in [5.41, 5.74) is 6.47. The van der Waals surface area contributed by atoms with Crippen molar-refractivity contribution in [2.45, 2.75) is 44.6 Å². The fraction of sp³-hybridized carbons (Fsp3) is 0.600. The number of rotatable bonds is 5. The van der Waals surface area contributed by atoms with E-state index >= 15 is 0 Å². The topological polar surface area (TPSA) is 38.5 Å². The smallest absolute Gasteiger partial charge is 0.406 e. The number of likely N-dealkylation sites (tertiary alicyclic amines) is 1. The molecule has 3 nitrogen and oxygen atoms in total. The van der Waals surface area contributed by atoms with Gasteiger partial charge < -0.3 is 10.5 Å². The number of hydrogen-bond acceptors (Lipinski definition) is 3. The Morgan fingerprint density at radius 1 is 1.27 bits per heavy atom. The SMILES string of the molecule is Cl.NCCC1CCCCN1Cc1cccc(OC(F)(F)F)c1. The van der Waals surface area contributed by atoms with Crippen molar-refractivity contribution in [3.63, 3.8) is 0 Å². The maximum absolute atomic E-state index is 12.2. The van der Waals surface area contributed by atoms with Gasteiger partial charge in [-0.1, -0.05) is 18.6 Å². The van der Waals surface area contributed by atoms with E-state index in [9.17, 15) is 13.2 Å². The van der Waals surface area contributed by atoms with Crippen LogP contribution < -0.4 is 10.5 Å². The summed E-state index contributed by atoms with van der Waals surface area (Å²) in [6, 6.07) is 6.64. The first kappa shape index (κ1) is 19.1. The van der Waals surface area contributed by atoms with Crippen molar-refractivity contribution >= 4 is 12.4 Å². The van der Waals surface area contributed by atoms with Crippen molar-refractivity contribution in [2.75, 3.05) is 13.1 Å². The van der Waals surface area contributed by atoms with Crippen LogP contribution in [0.25, 0.3) is 0 Å². The van der Waals surface area contributed by atoms with Gasteiger partial charge in [-0.2, -0.15) is 0 Å². The summed E-state index contributed by atoms with van der Waals surface area (Å²) in [7, 11) is 0. The van der Waals surface area contributed by atoms with Gasteiger partial charge in [0.2, 0.25) is 0 Å². The van der Waals surface area contributed by atoms with Crippen LogP contribution in [0.1, 0.15) is 31.2 Å². The third-order valence-electron chi connectivity index (χ3n) is 3.77. The van der Waals surface area contributed by atoms with Gasteiger partial charge >= 0.3 is 6.36 Å². The molecule has 1 aromatic carbocycles. The highest BCUT2D eigenvalue weighted by atomic mass is 35.5. The Hall–Kier alpha value is -0.980. The molecule has 1 unspecified atom stereocenters. The molecule has 1 aromatic rings. The fourth-order valence-corrected chi connectivity index (χ4v) is 2.86. The number of nitrogens with zero attached hydrogens (tertiary/aromatic N) is 1. The lowest BCUT2D eigenvalue weighted by molar-refractivity contribution is -0.274. The van der Waals surface area contributed by atoms with Crippen molar-refractivity contribution in [1.82, 2.24) is 4.90 Å². The molecule has 0 radical (unpaired) electrons. The van der Waals surface area contributed by atoms with Gasteiger partial charge in [-0.3, -0.25) is 4.90 Å². The van der Waals surface area contributed by atoms with E-state index in [4.69, 9.17) is 5.73 Å². The first-order chi connectivity index (χ1) is 9.98. The Bertz CT molecular complexity index is 455. The van der Waals surface area contributed by atoms with Crippen LogP contribution in [0.15, 0.2) is 24.3 Å². The van der Waals surface area contributed by atoms with Crippen molar-refractivity contribution in [3.05, 3.63) is 29.8 Å². The highest BCUT2D eigenvalue weighted by Crippen LogP contribution is 2.26. The minimum absolute atomic E-state index is 0. The molecule has 2 rings (SSSR count). The average Bonchev–Trinajstić information content (AvgIpc) is 2.40. The third kappa shape index (κ3) is 6.02. The van der Waals surface area contributed by atoms with Gasteiger partial charge in [0.25, 0.3) is 0 Å². The maximum atomic E-state index is 12.2. The first-order valence-electron chi connectivity index (χ1n) is 7.27. The average molecular weight is 339 g/mol. The molecule has 1 atom stereocenters. The van der Waals surface area contributed by atoms with E-state index < -0.39 is 6.36 Å². The molecule has 0 amide bonds. The zero-order valence-corrected chi connectivity index (χ0v) is 13.1. The molecule has 0 aromatic heterocycles. The zero-order chi connectivity index (χ0) is 15.3. The standard InChI is InChI=1S/C15H21F3N2O.ClH/c16-15(17,18)21-14-6-3-4-12(10-14)11-20-9-2-1-5-13(20)7-8-19;/h3-4,6,10,13H,1-2,5,7-9,11,19H2;1H. The molecule has 0 spiro atoms. The normalized spacial score (nSPS) is 19.5. The number of alkyl halides is 3. The van der Waals surface area contributed by atoms with Crippen molar-refractivity contribution in [3.8, 4) is 5.75 Å². The summed E-state index contributed by atoms with van der Waals surface area (Å²) in [6.07, 6.45) is -0.293. The van der Waals surface area contributed by atoms with Crippen LogP contribution in [0.2, 0.25) is 0 Å². The number of benzene rings is 1. The van der Waals surface area contributed by atoms with Crippen molar-refractivity contribution in [1.29, 1.82) is 0 Å². The zero-order valence-electron chi connectivity index (χ0n) is 12.3. The number of halogens is 4. The quantitative estimate of drug-likeness (QED) is 0.889. The van der Waals surface area contributed by atoms with Gasteiger partial charge in [0.15, 0.2) is 0 Å². The van der Waals surface area contributed by atoms with Crippen LogP contribution in [0.5, 0.6) is 5.75 Å². The van der Waals surface area contributed by atoms with E-state index in [-0.39, 0.29) is 18.2 Å². The predicted octanol–water partition coefficient (Wildman–Crippen LogP) is 3.71. The van der Waals surface area contributed by atoms with E-state index in [2.05, 4.69) is 9.64 Å². The van der Waals surface area contributed by atoms with E-state index in [1.165, 1.54) is 18.6 Å². The van der Waals surface area contributed by atoms with Crippen LogP contribution in [-0.2, 0) is 6.54 Å². The van der Waals surface area contributed by atoms with E-state index in [0.29, 0.717) is 19.1 Å². The number of nitrogens with two attached hydrogens (primary N) is 1. The monoisotopic (exact) mass is 338 g/mol. The van der Waals surface area contributed by atoms with E-state index in [0.717, 1.165) is 31.4 Å². The van der Waals surface area contributed by atoms with Gasteiger partial charge in [0, 0.05) is 12.6 Å². The summed E-state index contributed by atoms with van der Waals surface area (Å²) < 4.78 is 40.7. The molecule has 1 heterocycles. The van der Waals surface area contributed by atoms with E-state index in [1.807, 2.05) is 6.07 Å². The molecule has 2 N–H and O–H groups in total. The Labute approximate surface area is 135 Å². The van der Waals surface area contributed by atoms with Crippen LogP contribution in [-0.4, -0.2) is 30.4 Å². The van der Waals surface area contributed by atoms with Gasteiger partial charge in [-0.05, 0) is 50.0 Å². The molecule has 0 aliphatic carbocycles. The molecular formula is C15H22ClF3N2O. The van der Waals surface area contributed by atoms with Gasteiger partial charge in [0.05, 0.1) is 0 Å². The fourth-order valence-electron chi connectivity index (χ4n) is 2.86. The summed E-state index contributed by atoms with van der Waals surface area (Å²) in [5.74, 6) is -0.160. The number of ether oxygens (including phenoxy) is 1. The second-order valence-electron chi connectivity index (χ2n) is 5.39. The summed E-state index contributed by atoms with van der Waals surface area (Å²) >= 11 is 0. The number of hydrogen-bond donors (Lipinski definition) is 1. The highest BCUT2D eigenvalue weighted by molar-refractivity contribution is 5.85. The largest absolute Gasteiger partial charge is 0.573 e. The summed E-state index contributed by atoms with van der Waals surface area (Å²) in [4.78, 5) is 2.31. The van der Waals surface area contributed by atoms with Crippen LogP contribution in [0.3, 0.4) is 0 Å². The molecule has 126 valence electrons. The summed E-state index contributed by atoms with van der Waals surface area (Å²) in [5, 5.41) is 0. The van der Waals surface area contributed by atoms with Crippen LogP contribution in [0, 0.1) is 0 Å². The molecule has 1 fully saturated rings. The Balaban J connectivity index is 0.00000242. The first-order valence-corrected chi connectivity index (χ1v) is 7.27. The lowest BCUT2D eigenvalue weighted by atomic mass is 9.98. The molecule has 1 saturated heterocycles. The molecule has 7 heteroatoms. The van der Waals surface area contributed by atoms with Crippen molar-refractivity contribution in [2.24, 2.45) is 5.73 Å². The predicted molar refractivity (Wildman–Crippen MR) is 82.1 cm³/mol. The molecule has 0 bridgehead atoms. The van der Waals surface area contributed by atoms with Gasteiger partial charge in [-0.25, -0.2) is 0 Å². The van der Waals surface area contributed by atoms with Crippen LogP contribution >= 0.6 is 12.4 Å². The second-order valence-corrected chi connectivity index (χ2v) is 5.39. The Morgan fingerprint density at radius 2 is 2.05 bits per heavy atom. The molecule has 1 aliphatic rings. The Morgan fingerprint density at radius 3 is 2.73 bits per heavy atom. The maximum Gasteiger partial charge on any atom is 0.573 e. The summed E-state index contributed by atoms with van der Waals surface area (Å²) in [6.45, 7) is 2.24. The lowest BCUT2D eigenvalue weighted by Crippen LogP contribution is -2.40. The minimum Gasteiger partial charge on any atom is -0.406 e. The van der Waals surface area contributed by atoms with Gasteiger partial charge in [0.1, 0.15) is 5.75 Å². The van der Waals surface area contributed by atoms with Crippen LogP contribution in [0.4, 0.5) is 13.2 Å². The van der Waals surface area contributed by atoms with E-state index in [1.54, 1.807) is 6.07 Å². The second kappa shape index (κ2) is 8.60. The molecular weight excluding hydrogens is 317 g/mol. The lowest BCUT2D eigenvalue weighted by Gasteiger charge is -2.35. The third-order valence-corrected chi connectivity index (χ3v) is 3.77. The number of piperidine rings is 1. The molecule has 0 saturated carbocycles.